The lowest BCUT2D eigenvalue weighted by molar-refractivity contribution is -0.384. The summed E-state index contributed by atoms with van der Waals surface area (Å²) >= 11 is 0. The highest BCUT2D eigenvalue weighted by molar-refractivity contribution is 5.79. The number of non-ortho nitro benzene ring substituents is 1. The van der Waals surface area contributed by atoms with Crippen molar-refractivity contribution in [1.82, 2.24) is 5.32 Å². The monoisotopic (exact) mass is 328 g/mol. The smallest absolute Gasteiger partial charge is 0.269 e. The second kappa shape index (κ2) is 7.70. The predicted molar refractivity (Wildman–Crippen MR) is 90.6 cm³/mol. The Bertz CT molecular complexity index is 718. The number of carbonyl (C=O) groups excluding carboxylic acids is 1. The third-order valence-electron chi connectivity index (χ3n) is 3.75. The van der Waals surface area contributed by atoms with Gasteiger partial charge in [-0.05, 0) is 18.1 Å². The molecule has 0 bridgehead atoms. The largest absolute Gasteiger partial charge is 0.382 e. The second-order valence-electron chi connectivity index (χ2n) is 5.78. The molecule has 1 atom stereocenters. The van der Waals surface area contributed by atoms with Crippen molar-refractivity contribution in [3.8, 4) is 0 Å². The number of nitrogens with zero attached hydrogens (tertiary/aromatic N) is 1. The van der Waals surface area contributed by atoms with Crippen LogP contribution >= 0.6 is 0 Å². The number of hydrogen-bond acceptors (Lipinski definition) is 4. The maximum atomic E-state index is 12.4. The number of carbonyl (C=O) groups is 1. The van der Waals surface area contributed by atoms with E-state index in [9.17, 15) is 14.9 Å². The molecular weight excluding hydrogens is 308 g/mol. The predicted octanol–water partition coefficient (Wildman–Crippen LogP) is 2.82. The van der Waals surface area contributed by atoms with Crippen LogP contribution in [-0.2, 0) is 21.5 Å². The van der Waals surface area contributed by atoms with Crippen LogP contribution in [0.2, 0.25) is 0 Å². The van der Waals surface area contributed by atoms with Crippen LogP contribution in [0.15, 0.2) is 54.6 Å². The molecule has 0 aliphatic carbocycles. The third-order valence-corrected chi connectivity index (χ3v) is 3.75. The van der Waals surface area contributed by atoms with Crippen molar-refractivity contribution in [2.45, 2.75) is 18.9 Å². The van der Waals surface area contributed by atoms with E-state index in [4.69, 9.17) is 4.74 Å². The Morgan fingerprint density at radius 3 is 2.54 bits per heavy atom. The summed E-state index contributed by atoms with van der Waals surface area (Å²) in [6, 6.07) is 15.6. The van der Waals surface area contributed by atoms with Crippen molar-refractivity contribution in [2.24, 2.45) is 0 Å². The molecule has 6 heteroatoms. The Balaban J connectivity index is 2.14. The molecule has 0 saturated carbocycles. The fourth-order valence-corrected chi connectivity index (χ4v) is 2.60. The topological polar surface area (TPSA) is 81.5 Å². The fraction of sp³-hybridized carbons (Fsp3) is 0.278. The lowest BCUT2D eigenvalue weighted by Crippen LogP contribution is -2.47. The first kappa shape index (κ1) is 17.6. The third kappa shape index (κ3) is 4.39. The highest BCUT2D eigenvalue weighted by atomic mass is 16.6. The van der Waals surface area contributed by atoms with E-state index in [0.29, 0.717) is 12.2 Å². The molecule has 2 rings (SSSR count). The van der Waals surface area contributed by atoms with Crippen molar-refractivity contribution in [1.29, 1.82) is 0 Å². The summed E-state index contributed by atoms with van der Waals surface area (Å²) in [4.78, 5) is 22.8. The van der Waals surface area contributed by atoms with Crippen LogP contribution in [0.1, 0.15) is 18.1 Å². The molecule has 0 unspecified atom stereocenters. The lowest BCUT2D eigenvalue weighted by Gasteiger charge is -2.30. The van der Waals surface area contributed by atoms with Gasteiger partial charge in [0.25, 0.3) is 5.69 Å². The first-order valence-corrected chi connectivity index (χ1v) is 7.53. The zero-order chi connectivity index (χ0) is 17.6. The molecule has 2 aromatic carbocycles. The van der Waals surface area contributed by atoms with Crippen LogP contribution in [-0.4, -0.2) is 24.5 Å². The molecule has 24 heavy (non-hydrogen) atoms. The van der Waals surface area contributed by atoms with Gasteiger partial charge in [0.15, 0.2) is 0 Å². The molecule has 0 aromatic heterocycles. The minimum absolute atomic E-state index is 0.0250. The molecule has 2 aromatic rings. The number of hydrogen-bond donors (Lipinski definition) is 1. The van der Waals surface area contributed by atoms with Crippen molar-refractivity contribution < 1.29 is 14.5 Å². The van der Waals surface area contributed by atoms with E-state index in [2.05, 4.69) is 5.32 Å². The molecule has 6 nitrogen and oxygen atoms in total. The molecule has 0 heterocycles. The average molecular weight is 328 g/mol. The van der Waals surface area contributed by atoms with Gasteiger partial charge in [0.05, 0.1) is 23.5 Å². The zero-order valence-electron chi connectivity index (χ0n) is 13.7. The van der Waals surface area contributed by atoms with Crippen molar-refractivity contribution in [2.75, 3.05) is 13.7 Å². The standard InChI is InChI=1S/C18H20N2O4/c1-18(13-24-2,15-8-4-3-5-9-15)19-17(21)12-14-7-6-10-16(11-14)20(22)23/h3-11H,12-13H2,1-2H3,(H,19,21)/t18-/m0/s1. The van der Waals surface area contributed by atoms with Crippen molar-refractivity contribution in [3.05, 3.63) is 75.8 Å². The molecule has 0 fully saturated rings. The number of methoxy groups -OCH3 is 1. The van der Waals surface area contributed by atoms with E-state index in [1.54, 1.807) is 19.2 Å². The average Bonchev–Trinajstić information content (AvgIpc) is 2.56. The Kier molecular flexibility index (Phi) is 5.65. The van der Waals surface area contributed by atoms with Gasteiger partial charge in [-0.3, -0.25) is 14.9 Å². The van der Waals surface area contributed by atoms with Crippen LogP contribution in [0.3, 0.4) is 0 Å². The van der Waals surface area contributed by atoms with Gasteiger partial charge in [0.2, 0.25) is 5.91 Å². The number of nitrogens with one attached hydrogen (secondary N) is 1. The summed E-state index contributed by atoms with van der Waals surface area (Å²) in [6.45, 7) is 2.20. The van der Waals surface area contributed by atoms with Crippen molar-refractivity contribution in [3.63, 3.8) is 0 Å². The van der Waals surface area contributed by atoms with Gasteiger partial charge in [-0.15, -0.1) is 0 Å². The van der Waals surface area contributed by atoms with E-state index in [0.717, 1.165) is 5.56 Å². The summed E-state index contributed by atoms with van der Waals surface area (Å²) in [7, 11) is 1.58. The molecule has 0 spiro atoms. The van der Waals surface area contributed by atoms with Crippen molar-refractivity contribution >= 4 is 11.6 Å². The molecule has 0 aliphatic heterocycles. The van der Waals surface area contributed by atoms with Gasteiger partial charge < -0.3 is 10.1 Å². The van der Waals surface area contributed by atoms with Gasteiger partial charge in [-0.2, -0.15) is 0 Å². The minimum atomic E-state index is -0.673. The first-order chi connectivity index (χ1) is 11.4. The zero-order valence-corrected chi connectivity index (χ0v) is 13.7. The molecule has 0 saturated heterocycles. The van der Waals surface area contributed by atoms with Crippen LogP contribution in [0.5, 0.6) is 0 Å². The normalized spacial score (nSPS) is 13.1. The summed E-state index contributed by atoms with van der Waals surface area (Å²) in [5.74, 6) is -0.223. The Morgan fingerprint density at radius 2 is 1.92 bits per heavy atom. The number of amides is 1. The number of rotatable bonds is 7. The number of benzene rings is 2. The molecular formula is C18H20N2O4. The van der Waals surface area contributed by atoms with Gasteiger partial charge in [-0.1, -0.05) is 42.5 Å². The summed E-state index contributed by atoms with van der Waals surface area (Å²) in [6.07, 6.45) is 0.0633. The van der Waals surface area contributed by atoms with Crippen LogP contribution in [0.4, 0.5) is 5.69 Å². The van der Waals surface area contributed by atoms with E-state index in [1.807, 2.05) is 37.3 Å². The van der Waals surface area contributed by atoms with Gasteiger partial charge >= 0.3 is 0 Å². The fourth-order valence-electron chi connectivity index (χ4n) is 2.60. The maximum Gasteiger partial charge on any atom is 0.269 e. The van der Waals surface area contributed by atoms with Crippen LogP contribution < -0.4 is 5.32 Å². The molecule has 1 N–H and O–H groups in total. The quantitative estimate of drug-likeness (QED) is 0.626. The SMILES string of the molecule is COC[C@](C)(NC(=O)Cc1cccc([N+](=O)[O-])c1)c1ccccc1. The van der Waals surface area contributed by atoms with Gasteiger partial charge in [-0.25, -0.2) is 0 Å². The van der Waals surface area contributed by atoms with E-state index in [-0.39, 0.29) is 18.0 Å². The maximum absolute atomic E-state index is 12.4. The minimum Gasteiger partial charge on any atom is -0.382 e. The molecule has 1 amide bonds. The summed E-state index contributed by atoms with van der Waals surface area (Å²) in [5, 5.41) is 13.8. The highest BCUT2D eigenvalue weighted by Crippen LogP contribution is 2.21. The molecule has 0 radical (unpaired) electrons. The highest BCUT2D eigenvalue weighted by Gasteiger charge is 2.28. The first-order valence-electron chi connectivity index (χ1n) is 7.53. The van der Waals surface area contributed by atoms with Crippen LogP contribution in [0, 0.1) is 10.1 Å². The van der Waals surface area contributed by atoms with E-state index in [1.165, 1.54) is 12.1 Å². The Labute approximate surface area is 140 Å². The van der Waals surface area contributed by atoms with E-state index < -0.39 is 10.5 Å². The second-order valence-corrected chi connectivity index (χ2v) is 5.78. The van der Waals surface area contributed by atoms with E-state index >= 15 is 0 Å². The Hall–Kier alpha value is -2.73. The Morgan fingerprint density at radius 1 is 1.21 bits per heavy atom. The number of nitro benzene ring substituents is 1. The lowest BCUT2D eigenvalue weighted by atomic mass is 9.92. The van der Waals surface area contributed by atoms with Gasteiger partial charge in [0.1, 0.15) is 0 Å². The molecule has 0 aliphatic rings. The van der Waals surface area contributed by atoms with Gasteiger partial charge in [0, 0.05) is 19.2 Å². The molecule has 126 valence electrons. The summed E-state index contributed by atoms with van der Waals surface area (Å²) in [5.41, 5.74) is 0.824. The number of ether oxygens (including phenoxy) is 1. The summed E-state index contributed by atoms with van der Waals surface area (Å²) < 4.78 is 5.26. The number of nitro groups is 1. The van der Waals surface area contributed by atoms with Crippen LogP contribution in [0.25, 0.3) is 0 Å².